The summed E-state index contributed by atoms with van der Waals surface area (Å²) in [4.78, 5) is 26.2. The van der Waals surface area contributed by atoms with Crippen LogP contribution in [0.1, 0.15) is 29.6 Å². The van der Waals surface area contributed by atoms with Gasteiger partial charge >= 0.3 is 0 Å². The Kier molecular flexibility index (Phi) is 4.91. The topological polar surface area (TPSA) is 61.2 Å². The van der Waals surface area contributed by atoms with Crippen molar-refractivity contribution in [3.8, 4) is 6.07 Å². The lowest BCUT2D eigenvalue weighted by atomic mass is 9.96. The summed E-state index contributed by atoms with van der Waals surface area (Å²) >= 11 is 3.29. The average Bonchev–Trinajstić information content (AvgIpc) is 2.49. The van der Waals surface area contributed by atoms with E-state index in [0.717, 1.165) is 23.7 Å². The van der Waals surface area contributed by atoms with Gasteiger partial charge in [0.25, 0.3) is 0 Å². The number of hydrogen-bond acceptors (Lipinski definition) is 3. The smallest absolute Gasteiger partial charge is 0.247 e. The Bertz CT molecular complexity index is 542. The molecule has 1 atom stereocenters. The number of halogens is 1. The first-order chi connectivity index (χ1) is 9.63. The van der Waals surface area contributed by atoms with E-state index in [1.165, 1.54) is 0 Å². The minimum atomic E-state index is -1.23. The number of amides is 1. The fourth-order valence-electron chi connectivity index (χ4n) is 2.30. The molecule has 104 valence electrons. The highest BCUT2D eigenvalue weighted by molar-refractivity contribution is 9.10. The number of rotatable bonds is 3. The van der Waals surface area contributed by atoms with E-state index < -0.39 is 11.7 Å². The first-order valence-corrected chi connectivity index (χ1v) is 7.41. The lowest BCUT2D eigenvalue weighted by Crippen LogP contribution is -2.41. The minimum absolute atomic E-state index is 0.361. The summed E-state index contributed by atoms with van der Waals surface area (Å²) in [6.45, 7) is 1.29. The molecule has 0 spiro atoms. The molecule has 1 aromatic carbocycles. The Labute approximate surface area is 126 Å². The molecular formula is C15H15BrN2O2. The first kappa shape index (κ1) is 14.7. The molecular weight excluding hydrogens is 320 g/mol. The Hall–Kier alpha value is -1.67. The number of carbonyl (C=O) groups excluding carboxylic acids is 2. The SMILES string of the molecule is N#CC(C(=O)c1ccc(Br)cc1)C(=O)N1CCCCC1. The summed E-state index contributed by atoms with van der Waals surface area (Å²) in [6.07, 6.45) is 2.98. The largest absolute Gasteiger partial charge is 0.341 e. The molecule has 2 rings (SSSR count). The van der Waals surface area contributed by atoms with Crippen molar-refractivity contribution in [2.24, 2.45) is 5.92 Å². The van der Waals surface area contributed by atoms with Crippen LogP contribution in [0.3, 0.4) is 0 Å². The van der Waals surface area contributed by atoms with E-state index in [9.17, 15) is 14.9 Å². The minimum Gasteiger partial charge on any atom is -0.341 e. The van der Waals surface area contributed by atoms with E-state index in [1.54, 1.807) is 29.2 Å². The van der Waals surface area contributed by atoms with Gasteiger partial charge < -0.3 is 4.90 Å². The van der Waals surface area contributed by atoms with E-state index >= 15 is 0 Å². The second-order valence-corrected chi connectivity index (χ2v) is 5.73. The van der Waals surface area contributed by atoms with Crippen LogP contribution in [0.25, 0.3) is 0 Å². The lowest BCUT2D eigenvalue weighted by Gasteiger charge is -2.28. The van der Waals surface area contributed by atoms with Crippen molar-refractivity contribution in [1.29, 1.82) is 5.26 Å². The van der Waals surface area contributed by atoms with Gasteiger partial charge in [0.05, 0.1) is 6.07 Å². The molecule has 1 amide bonds. The quantitative estimate of drug-likeness (QED) is 0.630. The number of ketones is 1. The van der Waals surface area contributed by atoms with Crippen LogP contribution in [0.2, 0.25) is 0 Å². The van der Waals surface area contributed by atoms with Gasteiger partial charge in [0.1, 0.15) is 0 Å². The number of likely N-dealkylation sites (tertiary alicyclic amines) is 1. The predicted molar refractivity (Wildman–Crippen MR) is 78.0 cm³/mol. The third-order valence-electron chi connectivity index (χ3n) is 3.43. The first-order valence-electron chi connectivity index (χ1n) is 6.61. The van der Waals surface area contributed by atoms with Crippen LogP contribution < -0.4 is 0 Å². The molecule has 20 heavy (non-hydrogen) atoms. The Balaban J connectivity index is 2.15. The van der Waals surface area contributed by atoms with Crippen LogP contribution >= 0.6 is 15.9 Å². The second kappa shape index (κ2) is 6.67. The molecule has 0 saturated carbocycles. The van der Waals surface area contributed by atoms with Crippen molar-refractivity contribution < 1.29 is 9.59 Å². The second-order valence-electron chi connectivity index (χ2n) is 4.82. The zero-order valence-electron chi connectivity index (χ0n) is 11.0. The highest BCUT2D eigenvalue weighted by atomic mass is 79.9. The fourth-order valence-corrected chi connectivity index (χ4v) is 2.57. The van der Waals surface area contributed by atoms with E-state index in [1.807, 2.05) is 6.07 Å². The summed E-state index contributed by atoms with van der Waals surface area (Å²) in [5.41, 5.74) is 0.394. The van der Waals surface area contributed by atoms with Crippen molar-refractivity contribution >= 4 is 27.6 Å². The third kappa shape index (κ3) is 3.26. The van der Waals surface area contributed by atoms with Gasteiger partial charge in [-0.2, -0.15) is 5.26 Å². The van der Waals surface area contributed by atoms with Gasteiger partial charge in [-0.15, -0.1) is 0 Å². The average molecular weight is 335 g/mol. The van der Waals surface area contributed by atoms with Gasteiger partial charge in [-0.1, -0.05) is 28.1 Å². The van der Waals surface area contributed by atoms with Crippen LogP contribution in [0.5, 0.6) is 0 Å². The van der Waals surface area contributed by atoms with Crippen LogP contribution in [0, 0.1) is 17.2 Å². The normalized spacial score (nSPS) is 16.3. The number of nitriles is 1. The fraction of sp³-hybridized carbons (Fsp3) is 0.400. The van der Waals surface area contributed by atoms with E-state index in [4.69, 9.17) is 0 Å². The number of carbonyl (C=O) groups is 2. The van der Waals surface area contributed by atoms with E-state index in [0.29, 0.717) is 18.7 Å². The molecule has 1 aromatic rings. The highest BCUT2D eigenvalue weighted by Crippen LogP contribution is 2.17. The summed E-state index contributed by atoms with van der Waals surface area (Å²) in [6, 6.07) is 8.57. The number of benzene rings is 1. The molecule has 1 saturated heterocycles. The van der Waals surface area contributed by atoms with Crippen LogP contribution in [-0.2, 0) is 4.79 Å². The molecule has 1 heterocycles. The molecule has 1 aliphatic heterocycles. The molecule has 1 unspecified atom stereocenters. The standard InChI is InChI=1S/C15H15BrN2O2/c16-12-6-4-11(5-7-12)14(19)13(10-17)15(20)18-8-2-1-3-9-18/h4-7,13H,1-3,8-9H2. The molecule has 0 radical (unpaired) electrons. The zero-order valence-corrected chi connectivity index (χ0v) is 12.6. The molecule has 0 aromatic heterocycles. The number of Topliss-reactive ketones (excluding diaryl/α,β-unsaturated/α-hetero) is 1. The molecule has 4 nitrogen and oxygen atoms in total. The molecule has 0 N–H and O–H groups in total. The number of hydrogen-bond donors (Lipinski definition) is 0. The number of nitrogens with zero attached hydrogens (tertiary/aromatic N) is 2. The number of piperidine rings is 1. The van der Waals surface area contributed by atoms with Crippen LogP contribution in [0.15, 0.2) is 28.7 Å². The van der Waals surface area contributed by atoms with Gasteiger partial charge in [-0.3, -0.25) is 9.59 Å². The van der Waals surface area contributed by atoms with E-state index in [2.05, 4.69) is 15.9 Å². The summed E-state index contributed by atoms with van der Waals surface area (Å²) < 4.78 is 0.852. The maximum absolute atomic E-state index is 12.3. The van der Waals surface area contributed by atoms with Crippen molar-refractivity contribution in [1.82, 2.24) is 4.90 Å². The van der Waals surface area contributed by atoms with Crippen molar-refractivity contribution in [3.05, 3.63) is 34.3 Å². The van der Waals surface area contributed by atoms with E-state index in [-0.39, 0.29) is 5.91 Å². The van der Waals surface area contributed by atoms with Crippen molar-refractivity contribution in [2.45, 2.75) is 19.3 Å². The van der Waals surface area contributed by atoms with Gasteiger partial charge in [0.2, 0.25) is 5.91 Å². The predicted octanol–water partition coefficient (Wildman–Crippen LogP) is 2.78. The maximum Gasteiger partial charge on any atom is 0.247 e. The zero-order chi connectivity index (χ0) is 14.5. The third-order valence-corrected chi connectivity index (χ3v) is 3.96. The Morgan fingerprint density at radius 3 is 2.30 bits per heavy atom. The molecule has 1 aliphatic rings. The van der Waals surface area contributed by atoms with Gasteiger partial charge in [0.15, 0.2) is 11.7 Å². The molecule has 0 bridgehead atoms. The van der Waals surface area contributed by atoms with Crippen LogP contribution in [-0.4, -0.2) is 29.7 Å². The monoisotopic (exact) mass is 334 g/mol. The summed E-state index contributed by atoms with van der Waals surface area (Å²) in [5, 5.41) is 9.19. The lowest BCUT2D eigenvalue weighted by molar-refractivity contribution is -0.133. The maximum atomic E-state index is 12.3. The van der Waals surface area contributed by atoms with Gasteiger partial charge in [0, 0.05) is 23.1 Å². The van der Waals surface area contributed by atoms with Crippen molar-refractivity contribution in [3.63, 3.8) is 0 Å². The summed E-state index contributed by atoms with van der Waals surface area (Å²) in [7, 11) is 0. The highest BCUT2D eigenvalue weighted by Gasteiger charge is 2.31. The summed E-state index contributed by atoms with van der Waals surface area (Å²) in [5.74, 6) is -2.01. The van der Waals surface area contributed by atoms with Gasteiger partial charge in [-0.25, -0.2) is 0 Å². The van der Waals surface area contributed by atoms with Crippen LogP contribution in [0.4, 0.5) is 0 Å². The molecule has 5 heteroatoms. The molecule has 0 aliphatic carbocycles. The van der Waals surface area contributed by atoms with Crippen molar-refractivity contribution in [2.75, 3.05) is 13.1 Å². The van der Waals surface area contributed by atoms with Gasteiger partial charge in [-0.05, 0) is 31.4 Å². The Morgan fingerprint density at radius 1 is 1.15 bits per heavy atom. The Morgan fingerprint density at radius 2 is 1.75 bits per heavy atom. The molecule has 1 fully saturated rings.